The summed E-state index contributed by atoms with van der Waals surface area (Å²) in [7, 11) is 0. The molecule has 0 saturated carbocycles. The van der Waals surface area contributed by atoms with E-state index in [0.29, 0.717) is 19.0 Å². The Balaban J connectivity index is 0.994. The van der Waals surface area contributed by atoms with Crippen molar-refractivity contribution in [3.63, 3.8) is 0 Å². The fourth-order valence-electron chi connectivity index (χ4n) is 5.75. The van der Waals surface area contributed by atoms with Gasteiger partial charge >= 0.3 is 6.09 Å². The number of pyridine rings is 1. The lowest BCUT2D eigenvalue weighted by molar-refractivity contribution is -0.111. The molecule has 2 fully saturated rings. The lowest BCUT2D eigenvalue weighted by Crippen LogP contribution is -2.48. The first-order valence-electron chi connectivity index (χ1n) is 15.5. The van der Waals surface area contributed by atoms with E-state index in [-0.39, 0.29) is 18.1 Å². The first kappa shape index (κ1) is 29.4. The monoisotopic (exact) mass is 616 g/mol. The summed E-state index contributed by atoms with van der Waals surface area (Å²) in [5.41, 5.74) is 6.48. The van der Waals surface area contributed by atoms with E-state index in [0.717, 1.165) is 72.3 Å². The van der Waals surface area contributed by atoms with Crippen LogP contribution in [0.25, 0.3) is 22.5 Å². The fraction of sp³-hybridized carbons (Fsp3) is 0.286. The van der Waals surface area contributed by atoms with Crippen molar-refractivity contribution in [1.82, 2.24) is 29.6 Å². The highest BCUT2D eigenvalue weighted by molar-refractivity contribution is 5.78. The van der Waals surface area contributed by atoms with Crippen LogP contribution in [0.3, 0.4) is 0 Å². The molecule has 0 atom stereocenters. The van der Waals surface area contributed by atoms with E-state index in [1.165, 1.54) is 0 Å². The molecular weight excluding hydrogens is 580 g/mol. The third-order valence-electron chi connectivity index (χ3n) is 8.30. The van der Waals surface area contributed by atoms with Crippen LogP contribution < -0.4 is 10.2 Å². The Labute approximate surface area is 267 Å². The van der Waals surface area contributed by atoms with Gasteiger partial charge in [-0.2, -0.15) is 5.10 Å². The Morgan fingerprint density at radius 1 is 0.957 bits per heavy atom. The maximum atomic E-state index is 12.6. The third-order valence-corrected chi connectivity index (χ3v) is 8.30. The molecule has 2 aliphatic heterocycles. The number of nitrogens with one attached hydrogen (secondary N) is 1. The minimum absolute atomic E-state index is 0.0714. The molecule has 1 amide bonds. The molecule has 0 aliphatic carbocycles. The largest absolute Gasteiger partial charge is 0.445 e. The number of rotatable bonds is 9. The molecule has 5 heterocycles. The summed E-state index contributed by atoms with van der Waals surface area (Å²) >= 11 is 0. The van der Waals surface area contributed by atoms with Gasteiger partial charge in [0.15, 0.2) is 0 Å². The zero-order chi connectivity index (χ0) is 31.3. The number of ether oxygens (including phenoxy) is 2. The molecule has 5 aromatic rings. The van der Waals surface area contributed by atoms with Gasteiger partial charge < -0.3 is 24.6 Å². The number of benzene rings is 2. The number of amides is 1. The van der Waals surface area contributed by atoms with E-state index in [9.17, 15) is 4.79 Å². The van der Waals surface area contributed by atoms with Crippen molar-refractivity contribution < 1.29 is 14.3 Å². The summed E-state index contributed by atoms with van der Waals surface area (Å²) in [6.07, 6.45) is 7.12. The molecular formula is C35H36N8O3. The molecule has 0 bridgehead atoms. The van der Waals surface area contributed by atoms with Gasteiger partial charge in [0.1, 0.15) is 12.3 Å². The molecule has 46 heavy (non-hydrogen) atoms. The fourth-order valence-corrected chi connectivity index (χ4v) is 5.75. The van der Waals surface area contributed by atoms with E-state index >= 15 is 0 Å². The summed E-state index contributed by atoms with van der Waals surface area (Å²) < 4.78 is 13.0. The van der Waals surface area contributed by atoms with E-state index < -0.39 is 0 Å². The predicted molar refractivity (Wildman–Crippen MR) is 176 cm³/mol. The van der Waals surface area contributed by atoms with Gasteiger partial charge in [0, 0.05) is 78.9 Å². The van der Waals surface area contributed by atoms with Crippen LogP contribution in [-0.4, -0.2) is 75.1 Å². The molecule has 0 spiro atoms. The number of hydrogen-bond donors (Lipinski definition) is 1. The Kier molecular flexibility index (Phi) is 8.30. The van der Waals surface area contributed by atoms with Crippen molar-refractivity contribution in [1.29, 1.82) is 0 Å². The molecule has 0 unspecified atom stereocenters. The molecule has 234 valence electrons. The van der Waals surface area contributed by atoms with Gasteiger partial charge in [-0.25, -0.2) is 14.8 Å². The average molecular weight is 617 g/mol. The van der Waals surface area contributed by atoms with Crippen molar-refractivity contribution in [3.05, 3.63) is 103 Å². The van der Waals surface area contributed by atoms with E-state index in [1.54, 1.807) is 17.3 Å². The Morgan fingerprint density at radius 2 is 1.76 bits per heavy atom. The highest BCUT2D eigenvalue weighted by atomic mass is 16.6. The quantitative estimate of drug-likeness (QED) is 0.225. The maximum Gasteiger partial charge on any atom is 0.410 e. The highest BCUT2D eigenvalue weighted by Gasteiger charge is 2.34. The van der Waals surface area contributed by atoms with Gasteiger partial charge in [0.05, 0.1) is 25.5 Å². The van der Waals surface area contributed by atoms with Crippen LogP contribution in [0.4, 0.5) is 22.1 Å². The number of carbonyl (C=O) groups is 1. The van der Waals surface area contributed by atoms with Crippen LogP contribution in [-0.2, 0) is 22.6 Å². The Hall–Kier alpha value is -5.29. The second kappa shape index (κ2) is 13.0. The highest BCUT2D eigenvalue weighted by Crippen LogP contribution is 2.33. The second-order valence-electron chi connectivity index (χ2n) is 12.1. The van der Waals surface area contributed by atoms with Crippen LogP contribution >= 0.6 is 0 Å². The maximum absolute atomic E-state index is 12.6. The standard InChI is InChI=1S/C35H36N8O3/c1-35(24-45-25-35)23-43-21-30(32(40-43)27-8-5-14-36-20-27)31-13-15-37-33(39-31)38-28-9-11-29(12-10-28)41-16-18-42(19-17-41)34(44)46-22-26-6-3-2-4-7-26/h2-15,20-21H,16-19,22-25H2,1H3,(H,37,38,39). The number of hydrogen-bond acceptors (Lipinski definition) is 9. The normalized spacial score (nSPS) is 15.7. The van der Waals surface area contributed by atoms with Gasteiger partial charge in [-0.15, -0.1) is 0 Å². The van der Waals surface area contributed by atoms with Gasteiger partial charge in [-0.3, -0.25) is 9.67 Å². The molecule has 11 heteroatoms. The molecule has 1 N–H and O–H groups in total. The predicted octanol–water partition coefficient (Wildman–Crippen LogP) is 5.64. The van der Waals surface area contributed by atoms with Crippen LogP contribution in [0.5, 0.6) is 0 Å². The molecule has 2 saturated heterocycles. The molecule has 0 radical (unpaired) electrons. The summed E-state index contributed by atoms with van der Waals surface area (Å²) in [5, 5.41) is 8.28. The lowest BCUT2D eigenvalue weighted by atomic mass is 9.89. The molecule has 11 nitrogen and oxygen atoms in total. The van der Waals surface area contributed by atoms with Gasteiger partial charge in [-0.1, -0.05) is 37.3 Å². The third kappa shape index (κ3) is 6.69. The van der Waals surface area contributed by atoms with E-state index in [1.807, 2.05) is 71.5 Å². The van der Waals surface area contributed by atoms with E-state index in [4.69, 9.17) is 19.6 Å². The summed E-state index contributed by atoms with van der Waals surface area (Å²) in [6.45, 7) is 7.40. The van der Waals surface area contributed by atoms with Crippen molar-refractivity contribution >= 4 is 23.4 Å². The molecule has 2 aromatic carbocycles. The van der Waals surface area contributed by atoms with E-state index in [2.05, 4.69) is 45.4 Å². The summed E-state index contributed by atoms with van der Waals surface area (Å²) in [6, 6.07) is 23.8. The number of nitrogens with zero attached hydrogens (tertiary/aromatic N) is 7. The van der Waals surface area contributed by atoms with Crippen LogP contribution in [0.15, 0.2) is 97.6 Å². The Morgan fingerprint density at radius 3 is 2.48 bits per heavy atom. The SMILES string of the molecule is CC1(Cn2cc(-c3ccnc(Nc4ccc(N5CCN(C(=O)OCc6ccccc6)CC5)cc4)n3)c(-c3cccnc3)n2)COC1. The smallest absolute Gasteiger partial charge is 0.410 e. The van der Waals surface area contributed by atoms with Crippen molar-refractivity contribution in [2.45, 2.75) is 20.1 Å². The van der Waals surface area contributed by atoms with Gasteiger partial charge in [0.2, 0.25) is 5.95 Å². The average Bonchev–Trinajstić information content (AvgIpc) is 3.51. The van der Waals surface area contributed by atoms with Crippen molar-refractivity contribution in [2.75, 3.05) is 49.6 Å². The lowest BCUT2D eigenvalue weighted by Gasteiger charge is -2.37. The zero-order valence-corrected chi connectivity index (χ0v) is 25.7. The minimum atomic E-state index is -0.271. The molecule has 3 aromatic heterocycles. The molecule has 7 rings (SSSR count). The number of aromatic nitrogens is 5. The first-order chi connectivity index (χ1) is 22.5. The second-order valence-corrected chi connectivity index (χ2v) is 12.1. The Bertz CT molecular complexity index is 1770. The summed E-state index contributed by atoms with van der Waals surface area (Å²) in [5.74, 6) is 0.497. The van der Waals surface area contributed by atoms with Crippen LogP contribution in [0.1, 0.15) is 12.5 Å². The summed E-state index contributed by atoms with van der Waals surface area (Å²) in [4.78, 5) is 30.3. The van der Waals surface area contributed by atoms with Gasteiger partial charge in [0.25, 0.3) is 0 Å². The first-order valence-corrected chi connectivity index (χ1v) is 15.5. The minimum Gasteiger partial charge on any atom is -0.445 e. The topological polar surface area (TPSA) is 111 Å². The number of anilines is 3. The van der Waals surface area contributed by atoms with Crippen molar-refractivity contribution in [2.24, 2.45) is 5.41 Å². The molecule has 2 aliphatic rings. The number of carbonyl (C=O) groups excluding carboxylic acids is 1. The number of piperazine rings is 1. The zero-order valence-electron chi connectivity index (χ0n) is 25.7. The van der Waals surface area contributed by atoms with Crippen LogP contribution in [0.2, 0.25) is 0 Å². The van der Waals surface area contributed by atoms with Crippen LogP contribution in [0, 0.1) is 5.41 Å². The van der Waals surface area contributed by atoms with Crippen molar-refractivity contribution in [3.8, 4) is 22.5 Å². The van der Waals surface area contributed by atoms with Gasteiger partial charge in [-0.05, 0) is 48.0 Å².